The highest BCUT2D eigenvalue weighted by Crippen LogP contribution is 2.34. The van der Waals surface area contributed by atoms with Gasteiger partial charge in [-0.2, -0.15) is 0 Å². The summed E-state index contributed by atoms with van der Waals surface area (Å²) in [7, 11) is 4.64. The van der Waals surface area contributed by atoms with Crippen LogP contribution in [-0.2, 0) is 9.59 Å². The van der Waals surface area contributed by atoms with Crippen molar-refractivity contribution in [2.24, 2.45) is 0 Å². The first kappa shape index (κ1) is 26.5. The molecule has 1 atom stereocenters. The Bertz CT molecular complexity index is 1400. The zero-order valence-corrected chi connectivity index (χ0v) is 21.6. The summed E-state index contributed by atoms with van der Waals surface area (Å²) >= 11 is 1.12. The molecule has 1 saturated heterocycles. The molecule has 1 aromatic carbocycles. The number of anilines is 2. The van der Waals surface area contributed by atoms with Crippen molar-refractivity contribution in [3.8, 4) is 23.8 Å². The van der Waals surface area contributed by atoms with E-state index in [9.17, 15) is 18.8 Å². The number of carbonyl (C=O) groups excluding carboxylic acids is 3. The van der Waals surface area contributed by atoms with Gasteiger partial charge in [-0.05, 0) is 12.3 Å². The molecule has 38 heavy (non-hydrogen) atoms. The molecular formula is C25H23FN6O5S. The van der Waals surface area contributed by atoms with Gasteiger partial charge in [0.1, 0.15) is 23.2 Å². The predicted octanol–water partition coefficient (Wildman–Crippen LogP) is 1.98. The fraction of sp³-hybridized carbons (Fsp3) is 0.280. The molecule has 196 valence electrons. The number of rotatable bonds is 8. The van der Waals surface area contributed by atoms with E-state index in [-0.39, 0.29) is 48.6 Å². The number of benzene rings is 1. The van der Waals surface area contributed by atoms with Gasteiger partial charge in [0.25, 0.3) is 17.7 Å². The molecule has 2 aromatic heterocycles. The number of nitrogens with zero attached hydrogens (tertiary/aromatic N) is 6. The van der Waals surface area contributed by atoms with Gasteiger partial charge in [0.15, 0.2) is 17.4 Å². The van der Waals surface area contributed by atoms with Gasteiger partial charge in [-0.25, -0.2) is 19.3 Å². The van der Waals surface area contributed by atoms with Crippen molar-refractivity contribution in [2.45, 2.75) is 12.5 Å². The van der Waals surface area contributed by atoms with Crippen LogP contribution in [0.2, 0.25) is 0 Å². The third-order valence-corrected chi connectivity index (χ3v) is 6.42. The van der Waals surface area contributed by atoms with Crippen LogP contribution in [0.5, 0.6) is 11.5 Å². The zero-order valence-electron chi connectivity index (χ0n) is 20.8. The maximum Gasteiger partial charge on any atom is 0.278 e. The standard InChI is InChI=1S/C25H23FN6O5S/c1-5-21-29-19(14-38-21)23(34)32(20-6-7-31(24(20)35)25-27-11-15(26)12-28-25)16-8-17(36-4)10-18(9-16)37-13-22(33)30(2)3/h1,8-12,14,20H,6-7,13H2,2-4H3. The van der Waals surface area contributed by atoms with Crippen molar-refractivity contribution in [2.75, 3.05) is 44.2 Å². The second-order valence-electron chi connectivity index (χ2n) is 8.30. The molecule has 1 aliphatic rings. The molecule has 0 aliphatic carbocycles. The Morgan fingerprint density at radius 1 is 1.24 bits per heavy atom. The third kappa shape index (κ3) is 5.55. The summed E-state index contributed by atoms with van der Waals surface area (Å²) in [6.07, 6.45) is 7.58. The summed E-state index contributed by atoms with van der Waals surface area (Å²) in [5, 5.41) is 1.82. The molecule has 11 nitrogen and oxygen atoms in total. The maximum atomic E-state index is 13.8. The van der Waals surface area contributed by atoms with Crippen molar-refractivity contribution in [1.82, 2.24) is 19.9 Å². The number of aromatic nitrogens is 3. The summed E-state index contributed by atoms with van der Waals surface area (Å²) < 4.78 is 24.4. The van der Waals surface area contributed by atoms with Crippen molar-refractivity contribution in [1.29, 1.82) is 0 Å². The lowest BCUT2D eigenvalue weighted by molar-refractivity contribution is -0.130. The molecule has 3 aromatic rings. The normalized spacial score (nSPS) is 14.7. The Balaban J connectivity index is 1.73. The van der Waals surface area contributed by atoms with Crippen LogP contribution in [0.1, 0.15) is 21.9 Å². The minimum absolute atomic E-state index is 0.0198. The largest absolute Gasteiger partial charge is 0.497 e. The summed E-state index contributed by atoms with van der Waals surface area (Å²) in [4.78, 5) is 55.3. The predicted molar refractivity (Wildman–Crippen MR) is 137 cm³/mol. The van der Waals surface area contributed by atoms with Crippen LogP contribution in [0.15, 0.2) is 36.0 Å². The molecule has 1 aliphatic heterocycles. The van der Waals surface area contributed by atoms with Crippen LogP contribution >= 0.6 is 11.3 Å². The maximum absolute atomic E-state index is 13.8. The summed E-state index contributed by atoms with van der Waals surface area (Å²) in [5.74, 6) is 1.04. The fourth-order valence-electron chi connectivity index (χ4n) is 3.72. The van der Waals surface area contributed by atoms with Crippen LogP contribution in [-0.4, -0.2) is 78.0 Å². The van der Waals surface area contributed by atoms with Crippen LogP contribution in [0.4, 0.5) is 16.0 Å². The Morgan fingerprint density at radius 2 is 1.95 bits per heavy atom. The van der Waals surface area contributed by atoms with Gasteiger partial charge >= 0.3 is 0 Å². The zero-order chi connectivity index (χ0) is 27.4. The van der Waals surface area contributed by atoms with Gasteiger partial charge in [0.05, 0.1) is 25.2 Å². The molecule has 0 saturated carbocycles. The Labute approximate surface area is 221 Å². The lowest BCUT2D eigenvalue weighted by Gasteiger charge is -2.28. The number of likely N-dealkylation sites (N-methyl/N-ethyl adjacent to an activating group) is 1. The monoisotopic (exact) mass is 538 g/mol. The van der Waals surface area contributed by atoms with Crippen molar-refractivity contribution >= 4 is 40.7 Å². The van der Waals surface area contributed by atoms with Crippen molar-refractivity contribution in [3.05, 3.63) is 52.5 Å². The number of terminal acetylenes is 1. The quantitative estimate of drug-likeness (QED) is 0.400. The second kappa shape index (κ2) is 11.2. The topological polar surface area (TPSA) is 118 Å². The molecule has 3 heterocycles. The molecular weight excluding hydrogens is 515 g/mol. The molecule has 3 amide bonds. The number of amides is 3. The van der Waals surface area contributed by atoms with E-state index in [1.807, 2.05) is 0 Å². The Kier molecular flexibility index (Phi) is 7.82. The molecule has 1 unspecified atom stereocenters. The van der Waals surface area contributed by atoms with Crippen LogP contribution in [0.3, 0.4) is 0 Å². The highest BCUT2D eigenvalue weighted by atomic mass is 32.1. The molecule has 0 radical (unpaired) electrons. The van der Waals surface area contributed by atoms with Gasteiger partial charge in [-0.1, -0.05) is 0 Å². The average Bonchev–Trinajstić information content (AvgIpc) is 3.55. The minimum atomic E-state index is -0.976. The van der Waals surface area contributed by atoms with Gasteiger partial charge in [-0.3, -0.25) is 24.2 Å². The first-order valence-corrected chi connectivity index (χ1v) is 12.2. The van der Waals surface area contributed by atoms with E-state index in [1.54, 1.807) is 26.2 Å². The third-order valence-electron chi connectivity index (χ3n) is 5.64. The van der Waals surface area contributed by atoms with E-state index in [4.69, 9.17) is 15.9 Å². The van der Waals surface area contributed by atoms with Crippen molar-refractivity contribution in [3.63, 3.8) is 0 Å². The number of hydrogen-bond donors (Lipinski definition) is 0. The molecule has 4 rings (SSSR count). The van der Waals surface area contributed by atoms with Crippen molar-refractivity contribution < 1.29 is 28.2 Å². The van der Waals surface area contributed by atoms with Crippen LogP contribution < -0.4 is 19.3 Å². The second-order valence-corrected chi connectivity index (χ2v) is 9.15. The summed E-state index contributed by atoms with van der Waals surface area (Å²) in [6, 6.07) is 3.68. The van der Waals surface area contributed by atoms with E-state index in [0.29, 0.717) is 10.8 Å². The highest BCUT2D eigenvalue weighted by Gasteiger charge is 2.41. The van der Waals surface area contributed by atoms with Gasteiger partial charge in [-0.15, -0.1) is 17.8 Å². The molecule has 1 fully saturated rings. The van der Waals surface area contributed by atoms with E-state index in [2.05, 4.69) is 20.9 Å². The smallest absolute Gasteiger partial charge is 0.278 e. The molecule has 0 N–H and O–H groups in total. The molecule has 0 spiro atoms. The lowest BCUT2D eigenvalue weighted by atomic mass is 10.1. The first-order valence-electron chi connectivity index (χ1n) is 11.3. The average molecular weight is 539 g/mol. The van der Waals surface area contributed by atoms with E-state index in [0.717, 1.165) is 23.7 Å². The summed E-state index contributed by atoms with van der Waals surface area (Å²) in [6.45, 7) is -0.0561. The van der Waals surface area contributed by atoms with Gasteiger partial charge in [0.2, 0.25) is 5.95 Å². The highest BCUT2D eigenvalue weighted by molar-refractivity contribution is 7.10. The Hall–Kier alpha value is -4.57. The van der Waals surface area contributed by atoms with E-state index < -0.39 is 23.7 Å². The number of methoxy groups -OCH3 is 1. The van der Waals surface area contributed by atoms with E-state index >= 15 is 0 Å². The fourth-order valence-corrected chi connectivity index (χ4v) is 4.32. The lowest BCUT2D eigenvalue weighted by Crippen LogP contribution is -2.46. The van der Waals surface area contributed by atoms with Gasteiger partial charge in [0, 0.05) is 44.2 Å². The number of ether oxygens (including phenoxy) is 2. The van der Waals surface area contributed by atoms with Crippen LogP contribution in [0, 0.1) is 18.2 Å². The number of hydrogen-bond acceptors (Lipinski definition) is 9. The number of thiazole rings is 1. The Morgan fingerprint density at radius 3 is 2.58 bits per heavy atom. The van der Waals surface area contributed by atoms with Gasteiger partial charge < -0.3 is 14.4 Å². The SMILES string of the molecule is C#Cc1nc(C(=O)N(c2cc(OC)cc(OCC(=O)N(C)C)c2)C2CCN(c3ncc(F)cn3)C2=O)cs1. The summed E-state index contributed by atoms with van der Waals surface area (Å²) in [5.41, 5.74) is 0.331. The molecule has 0 bridgehead atoms. The first-order chi connectivity index (χ1) is 18.2. The molecule has 13 heteroatoms. The van der Waals surface area contributed by atoms with E-state index in [1.165, 1.54) is 33.3 Å². The number of carbonyl (C=O) groups is 3. The van der Waals surface area contributed by atoms with Crippen LogP contribution in [0.25, 0.3) is 0 Å². The number of halogens is 1. The minimum Gasteiger partial charge on any atom is -0.497 e.